The molecule has 1 aromatic heterocycles. The van der Waals surface area contributed by atoms with Gasteiger partial charge in [-0.2, -0.15) is 0 Å². The first-order chi connectivity index (χ1) is 21.0. The predicted molar refractivity (Wildman–Crippen MR) is 169 cm³/mol. The van der Waals surface area contributed by atoms with E-state index in [0.717, 1.165) is 27.6 Å². The van der Waals surface area contributed by atoms with Crippen molar-refractivity contribution in [2.75, 3.05) is 7.05 Å². The largest absolute Gasteiger partial charge is 0.480 e. The number of benzene rings is 4. The number of fused-ring (bicyclic) bond motifs is 1. The molecule has 6 rings (SSSR count). The summed E-state index contributed by atoms with van der Waals surface area (Å²) in [5.41, 5.74) is 3.16. The van der Waals surface area contributed by atoms with Gasteiger partial charge in [0.2, 0.25) is 5.91 Å². The highest BCUT2D eigenvalue weighted by molar-refractivity contribution is 6.00. The van der Waals surface area contributed by atoms with Crippen LogP contribution in [0.4, 0.5) is 0 Å². The Morgan fingerprint density at radius 1 is 0.791 bits per heavy atom. The maximum atomic E-state index is 14.9. The van der Waals surface area contributed by atoms with E-state index in [1.165, 1.54) is 4.90 Å². The molecule has 1 aliphatic carbocycles. The summed E-state index contributed by atoms with van der Waals surface area (Å²) in [5, 5.41) is 11.2. The predicted octanol–water partition coefficient (Wildman–Crippen LogP) is 7.33. The van der Waals surface area contributed by atoms with Gasteiger partial charge >= 0.3 is 5.97 Å². The molecule has 1 aliphatic rings. The molecule has 0 aliphatic heterocycles. The first-order valence-electron chi connectivity index (χ1n) is 14.5. The minimum atomic E-state index is -1.28. The van der Waals surface area contributed by atoms with Crippen LogP contribution in [0.2, 0.25) is 0 Å². The van der Waals surface area contributed by atoms with Crippen LogP contribution in [0, 0.1) is 0 Å². The fraction of sp³-hybridized carbons (Fsp3) is 0.158. The van der Waals surface area contributed by atoms with Gasteiger partial charge in [-0.05, 0) is 22.8 Å². The molecule has 4 aromatic carbocycles. The molecule has 5 nitrogen and oxygen atoms in total. The number of hydrogen-bond donors (Lipinski definition) is 1. The van der Waals surface area contributed by atoms with E-state index in [9.17, 15) is 14.7 Å². The minimum Gasteiger partial charge on any atom is -0.480 e. The van der Waals surface area contributed by atoms with Crippen molar-refractivity contribution in [3.63, 3.8) is 0 Å². The van der Waals surface area contributed by atoms with Gasteiger partial charge in [0.1, 0.15) is 22.8 Å². The van der Waals surface area contributed by atoms with Crippen molar-refractivity contribution in [3.05, 3.63) is 168 Å². The van der Waals surface area contributed by atoms with Crippen molar-refractivity contribution in [3.8, 4) is 0 Å². The van der Waals surface area contributed by atoms with Crippen LogP contribution in [0.25, 0.3) is 11.0 Å². The SMILES string of the molecule is CN(C(=O)C1(c2c(Cc3ccccc3)oc3ccccc23)C=CC(c2ccccc2)C=C1)C(Cc1ccccc1)C(=O)O. The molecule has 43 heavy (non-hydrogen) atoms. The zero-order valence-corrected chi connectivity index (χ0v) is 24.0. The van der Waals surface area contributed by atoms with Crippen LogP contribution in [0.5, 0.6) is 0 Å². The number of allylic oxidation sites excluding steroid dienone is 2. The molecule has 1 atom stereocenters. The number of aliphatic carboxylic acids is 1. The van der Waals surface area contributed by atoms with E-state index >= 15 is 0 Å². The minimum absolute atomic E-state index is 0.0252. The lowest BCUT2D eigenvalue weighted by Gasteiger charge is -2.36. The molecule has 0 fully saturated rings. The Morgan fingerprint density at radius 3 is 1.98 bits per heavy atom. The summed E-state index contributed by atoms with van der Waals surface area (Å²) in [4.78, 5) is 28.9. The van der Waals surface area contributed by atoms with Crippen LogP contribution < -0.4 is 0 Å². The Kier molecular flexibility index (Phi) is 7.80. The van der Waals surface area contributed by atoms with Crippen LogP contribution in [0.1, 0.15) is 33.9 Å². The molecule has 5 aromatic rings. The maximum absolute atomic E-state index is 14.9. The Morgan fingerprint density at radius 2 is 1.35 bits per heavy atom. The van der Waals surface area contributed by atoms with Gasteiger partial charge in [0, 0.05) is 36.8 Å². The number of rotatable bonds is 9. The second kappa shape index (κ2) is 12.0. The topological polar surface area (TPSA) is 70.8 Å². The lowest BCUT2D eigenvalue weighted by molar-refractivity contribution is -0.150. The number of furan rings is 1. The van der Waals surface area contributed by atoms with Gasteiger partial charge in [0.15, 0.2) is 0 Å². The van der Waals surface area contributed by atoms with Gasteiger partial charge in [-0.1, -0.05) is 133 Å². The summed E-state index contributed by atoms with van der Waals surface area (Å²) in [5.74, 6) is -0.725. The summed E-state index contributed by atoms with van der Waals surface area (Å²) in [7, 11) is 1.59. The number of nitrogens with zero attached hydrogens (tertiary/aromatic N) is 1. The number of carbonyl (C=O) groups excluding carboxylic acids is 1. The summed E-state index contributed by atoms with van der Waals surface area (Å²) < 4.78 is 6.47. The zero-order valence-electron chi connectivity index (χ0n) is 24.0. The first kappa shape index (κ1) is 28.0. The molecule has 1 amide bonds. The average molecular weight is 568 g/mol. The quantitative estimate of drug-likeness (QED) is 0.189. The van der Waals surface area contributed by atoms with E-state index in [4.69, 9.17) is 4.42 Å². The summed E-state index contributed by atoms with van der Waals surface area (Å²) in [6.45, 7) is 0. The number of likely N-dealkylation sites (N-methyl/N-ethyl adjacent to an activating group) is 1. The van der Waals surface area contributed by atoms with Crippen LogP contribution in [0.15, 0.2) is 144 Å². The number of hydrogen-bond acceptors (Lipinski definition) is 3. The summed E-state index contributed by atoms with van der Waals surface area (Å²) in [6, 6.07) is 36.2. The third-order valence-corrected chi connectivity index (χ3v) is 8.31. The normalized spacial score (nSPS) is 18.4. The highest BCUT2D eigenvalue weighted by Gasteiger charge is 2.46. The highest BCUT2D eigenvalue weighted by Crippen LogP contribution is 2.44. The highest BCUT2D eigenvalue weighted by atomic mass is 16.4. The fourth-order valence-corrected chi connectivity index (χ4v) is 6.06. The molecule has 1 unspecified atom stereocenters. The van der Waals surface area contributed by atoms with Gasteiger partial charge in [-0.3, -0.25) is 4.79 Å². The molecule has 214 valence electrons. The number of carbonyl (C=O) groups is 2. The van der Waals surface area contributed by atoms with Crippen LogP contribution in [-0.2, 0) is 27.8 Å². The second-order valence-electron chi connectivity index (χ2n) is 11.0. The molecule has 0 saturated carbocycles. The third kappa shape index (κ3) is 5.54. The Labute approximate surface area is 251 Å². The van der Waals surface area contributed by atoms with Crippen LogP contribution in [0.3, 0.4) is 0 Å². The lowest BCUT2D eigenvalue weighted by Crippen LogP contribution is -2.51. The van der Waals surface area contributed by atoms with Crippen molar-refractivity contribution >= 4 is 22.8 Å². The first-order valence-corrected chi connectivity index (χ1v) is 14.5. The molecule has 0 spiro atoms. The van der Waals surface area contributed by atoms with E-state index in [2.05, 4.69) is 12.1 Å². The number of para-hydroxylation sites is 1. The van der Waals surface area contributed by atoms with E-state index < -0.39 is 17.4 Å². The number of carboxylic acids is 1. The van der Waals surface area contributed by atoms with Gasteiger partial charge in [-0.25, -0.2) is 4.79 Å². The number of carboxylic acid groups (broad SMARTS) is 1. The Balaban J connectivity index is 1.49. The van der Waals surface area contributed by atoms with Crippen molar-refractivity contribution < 1.29 is 19.1 Å². The fourth-order valence-electron chi connectivity index (χ4n) is 6.06. The van der Waals surface area contributed by atoms with E-state index in [-0.39, 0.29) is 18.2 Å². The lowest BCUT2D eigenvalue weighted by atomic mass is 9.72. The van der Waals surface area contributed by atoms with Crippen molar-refractivity contribution in [1.29, 1.82) is 0 Å². The standard InChI is InChI=1S/C38H33NO4/c1-39(32(36(40)41)25-27-13-5-2-6-14-27)37(42)38(23-21-30(22-24-38)29-17-9-4-10-18-29)35-31-19-11-12-20-33(31)43-34(35)26-28-15-7-3-8-16-28/h2-24,30,32H,25-26H2,1H3,(H,40,41). The third-order valence-electron chi connectivity index (χ3n) is 8.31. The van der Waals surface area contributed by atoms with Crippen LogP contribution in [-0.4, -0.2) is 35.0 Å². The van der Waals surface area contributed by atoms with Crippen molar-refractivity contribution in [2.24, 2.45) is 0 Å². The van der Waals surface area contributed by atoms with Gasteiger partial charge in [-0.15, -0.1) is 0 Å². The summed E-state index contributed by atoms with van der Waals surface area (Å²) in [6.07, 6.45) is 8.65. The van der Waals surface area contributed by atoms with E-state index in [1.54, 1.807) is 7.05 Å². The van der Waals surface area contributed by atoms with E-state index in [0.29, 0.717) is 17.8 Å². The van der Waals surface area contributed by atoms with Crippen molar-refractivity contribution in [2.45, 2.75) is 30.2 Å². The monoisotopic (exact) mass is 567 g/mol. The van der Waals surface area contributed by atoms with Gasteiger partial charge < -0.3 is 14.4 Å². The zero-order chi connectivity index (χ0) is 29.8. The molecule has 1 N–H and O–H groups in total. The van der Waals surface area contributed by atoms with Gasteiger partial charge in [0.25, 0.3) is 0 Å². The Bertz CT molecular complexity index is 1770. The number of amides is 1. The molecule has 0 radical (unpaired) electrons. The molecular formula is C38H33NO4. The molecule has 0 saturated heterocycles. The molecular weight excluding hydrogens is 534 g/mol. The average Bonchev–Trinajstić information content (AvgIpc) is 3.42. The summed E-state index contributed by atoms with van der Waals surface area (Å²) >= 11 is 0. The van der Waals surface area contributed by atoms with Crippen LogP contribution >= 0.6 is 0 Å². The smallest absolute Gasteiger partial charge is 0.326 e. The maximum Gasteiger partial charge on any atom is 0.326 e. The second-order valence-corrected chi connectivity index (χ2v) is 11.0. The molecule has 1 heterocycles. The van der Waals surface area contributed by atoms with Gasteiger partial charge in [0.05, 0.1) is 0 Å². The van der Waals surface area contributed by atoms with Crippen molar-refractivity contribution in [1.82, 2.24) is 4.90 Å². The molecule has 0 bridgehead atoms. The van der Waals surface area contributed by atoms with E-state index in [1.807, 2.05) is 127 Å². The Hall–Kier alpha value is -5.16. The molecule has 5 heteroatoms.